The van der Waals surface area contributed by atoms with Crippen LogP contribution in [0.25, 0.3) is 0 Å². The molecule has 3 aromatic rings. The third-order valence-corrected chi connectivity index (χ3v) is 7.77. The van der Waals surface area contributed by atoms with Crippen molar-refractivity contribution in [3.63, 3.8) is 0 Å². The first-order valence-corrected chi connectivity index (χ1v) is 12.8. The van der Waals surface area contributed by atoms with Crippen LogP contribution in [0.4, 0.5) is 5.69 Å². The molecule has 0 aliphatic heterocycles. The van der Waals surface area contributed by atoms with Crippen molar-refractivity contribution in [3.05, 3.63) is 95.0 Å². The lowest BCUT2D eigenvalue weighted by Gasteiger charge is -2.28. The number of anilines is 1. The van der Waals surface area contributed by atoms with E-state index in [9.17, 15) is 13.2 Å². The van der Waals surface area contributed by atoms with Gasteiger partial charge in [0.05, 0.1) is 22.2 Å². The Morgan fingerprint density at radius 3 is 2.27 bits per heavy atom. The predicted octanol–water partition coefficient (Wildman–Crippen LogP) is 5.75. The van der Waals surface area contributed by atoms with E-state index in [1.807, 2.05) is 49.1 Å². The molecule has 7 heteroatoms. The van der Waals surface area contributed by atoms with Crippen molar-refractivity contribution in [2.45, 2.75) is 50.2 Å². The summed E-state index contributed by atoms with van der Waals surface area (Å²) < 4.78 is 29.0. The number of halogens is 1. The molecular weight excluding hydrogens is 456 g/mol. The lowest BCUT2D eigenvalue weighted by molar-refractivity contribution is 0.0690. The third-order valence-electron chi connectivity index (χ3n) is 5.69. The van der Waals surface area contributed by atoms with E-state index in [1.54, 1.807) is 36.4 Å². The van der Waals surface area contributed by atoms with Crippen LogP contribution >= 0.6 is 11.6 Å². The van der Waals surface area contributed by atoms with Crippen molar-refractivity contribution in [3.8, 4) is 0 Å². The van der Waals surface area contributed by atoms with Crippen LogP contribution in [0.5, 0.6) is 0 Å². The minimum atomic E-state index is -4.00. The normalized spacial score (nSPS) is 13.7. The Labute approximate surface area is 200 Å². The summed E-state index contributed by atoms with van der Waals surface area (Å²) in [5, 5.41) is 0.337. The van der Waals surface area contributed by atoms with Crippen LogP contribution < -0.4 is 4.31 Å². The number of nitrogens with zero attached hydrogens (tertiary/aromatic N) is 2. The second-order valence-corrected chi connectivity index (χ2v) is 10.8. The fourth-order valence-corrected chi connectivity index (χ4v) is 5.75. The maximum Gasteiger partial charge on any atom is 0.264 e. The first kappa shape index (κ1) is 23.3. The highest BCUT2D eigenvalue weighted by Gasteiger charge is 2.35. The molecule has 1 fully saturated rings. The number of hydrogen-bond donors (Lipinski definition) is 0. The van der Waals surface area contributed by atoms with Crippen molar-refractivity contribution in [2.75, 3.05) is 4.31 Å². The fourth-order valence-electron chi connectivity index (χ4n) is 3.94. The van der Waals surface area contributed by atoms with Gasteiger partial charge in [0.2, 0.25) is 0 Å². The Bertz CT molecular complexity index is 1240. The number of para-hydroxylation sites is 1. The van der Waals surface area contributed by atoms with Crippen molar-refractivity contribution < 1.29 is 13.2 Å². The van der Waals surface area contributed by atoms with Gasteiger partial charge < -0.3 is 4.90 Å². The standard InChI is InChI=1S/C26H27ClN2O3S/c1-19(2)29(22-15-16-22)26(30)21-11-8-12-23(17-21)33(31,32)28(18-20-9-4-3-5-10-20)25-14-7-6-13-24(25)27/h3-14,17,19,22H,15-16,18H2,1-2H3. The number of rotatable bonds is 8. The molecule has 33 heavy (non-hydrogen) atoms. The molecule has 1 saturated carbocycles. The molecule has 0 spiro atoms. The monoisotopic (exact) mass is 482 g/mol. The van der Waals surface area contributed by atoms with E-state index in [0.29, 0.717) is 16.3 Å². The van der Waals surface area contributed by atoms with Crippen molar-refractivity contribution >= 4 is 33.2 Å². The molecule has 5 nitrogen and oxygen atoms in total. The minimum Gasteiger partial charge on any atom is -0.333 e. The van der Waals surface area contributed by atoms with Gasteiger partial charge in [-0.05, 0) is 62.6 Å². The van der Waals surface area contributed by atoms with Crippen LogP contribution in [0.3, 0.4) is 0 Å². The molecular formula is C26H27ClN2O3S. The molecule has 1 amide bonds. The SMILES string of the molecule is CC(C)N(C(=O)c1cccc(S(=O)(=O)N(Cc2ccccc2)c2ccccc2Cl)c1)C1CC1. The van der Waals surface area contributed by atoms with E-state index in [2.05, 4.69) is 0 Å². The first-order chi connectivity index (χ1) is 15.8. The fraction of sp³-hybridized carbons (Fsp3) is 0.269. The smallest absolute Gasteiger partial charge is 0.264 e. The van der Waals surface area contributed by atoms with Gasteiger partial charge >= 0.3 is 0 Å². The van der Waals surface area contributed by atoms with E-state index in [-0.39, 0.29) is 29.4 Å². The Kier molecular flexibility index (Phi) is 6.77. The van der Waals surface area contributed by atoms with Gasteiger partial charge in [-0.3, -0.25) is 9.10 Å². The molecule has 0 saturated heterocycles. The molecule has 0 unspecified atom stereocenters. The van der Waals surface area contributed by atoms with Crippen LogP contribution in [0, 0.1) is 0 Å². The number of benzene rings is 3. The van der Waals surface area contributed by atoms with Crippen molar-refractivity contribution in [1.82, 2.24) is 4.90 Å². The summed E-state index contributed by atoms with van der Waals surface area (Å²) >= 11 is 6.41. The van der Waals surface area contributed by atoms with Gasteiger partial charge in [0.15, 0.2) is 0 Å². The zero-order chi connectivity index (χ0) is 23.6. The van der Waals surface area contributed by atoms with Gasteiger partial charge in [0.1, 0.15) is 0 Å². The van der Waals surface area contributed by atoms with Gasteiger partial charge in [-0.1, -0.05) is 60.1 Å². The molecule has 0 aromatic heterocycles. The van der Waals surface area contributed by atoms with E-state index >= 15 is 0 Å². The summed E-state index contributed by atoms with van der Waals surface area (Å²) in [6.07, 6.45) is 1.97. The van der Waals surface area contributed by atoms with E-state index in [0.717, 1.165) is 18.4 Å². The highest BCUT2D eigenvalue weighted by atomic mass is 35.5. The van der Waals surface area contributed by atoms with Crippen LogP contribution in [0.1, 0.15) is 42.6 Å². The van der Waals surface area contributed by atoms with Crippen molar-refractivity contribution in [1.29, 1.82) is 0 Å². The Morgan fingerprint density at radius 1 is 0.970 bits per heavy atom. The molecule has 0 radical (unpaired) electrons. The maximum absolute atomic E-state index is 13.9. The third kappa shape index (κ3) is 5.07. The summed E-state index contributed by atoms with van der Waals surface area (Å²) in [4.78, 5) is 15.1. The number of carbonyl (C=O) groups is 1. The highest BCUT2D eigenvalue weighted by molar-refractivity contribution is 7.92. The highest BCUT2D eigenvalue weighted by Crippen LogP contribution is 2.33. The van der Waals surface area contributed by atoms with Gasteiger partial charge in [0, 0.05) is 17.6 Å². The molecule has 1 aliphatic carbocycles. The second kappa shape index (κ2) is 9.57. The van der Waals surface area contributed by atoms with Gasteiger partial charge in [-0.2, -0.15) is 0 Å². The summed E-state index contributed by atoms with van der Waals surface area (Å²) in [5.74, 6) is -0.142. The molecule has 0 atom stereocenters. The van der Waals surface area contributed by atoms with E-state index < -0.39 is 10.0 Å². The first-order valence-electron chi connectivity index (χ1n) is 11.0. The summed E-state index contributed by atoms with van der Waals surface area (Å²) in [5.41, 5.74) is 1.59. The molecule has 3 aromatic carbocycles. The van der Waals surface area contributed by atoms with E-state index in [1.165, 1.54) is 16.4 Å². The second-order valence-electron chi connectivity index (χ2n) is 8.51. The Morgan fingerprint density at radius 2 is 1.64 bits per heavy atom. The quantitative estimate of drug-likeness (QED) is 0.411. The van der Waals surface area contributed by atoms with Crippen LogP contribution in [0.2, 0.25) is 5.02 Å². The number of sulfonamides is 1. The average Bonchev–Trinajstić information content (AvgIpc) is 3.63. The summed E-state index contributed by atoms with van der Waals surface area (Å²) in [6, 6.07) is 22.8. The van der Waals surface area contributed by atoms with Crippen LogP contribution in [-0.2, 0) is 16.6 Å². The molecule has 1 aliphatic rings. The Hall–Kier alpha value is -2.83. The average molecular weight is 483 g/mol. The van der Waals surface area contributed by atoms with Gasteiger partial charge in [-0.15, -0.1) is 0 Å². The summed E-state index contributed by atoms with van der Waals surface area (Å²) in [7, 11) is -4.00. The van der Waals surface area contributed by atoms with Gasteiger partial charge in [-0.25, -0.2) is 8.42 Å². The molecule has 4 rings (SSSR count). The topological polar surface area (TPSA) is 57.7 Å². The number of carbonyl (C=O) groups excluding carboxylic acids is 1. The van der Waals surface area contributed by atoms with Crippen LogP contribution in [0.15, 0.2) is 83.8 Å². The Balaban J connectivity index is 1.74. The molecule has 0 N–H and O–H groups in total. The predicted molar refractivity (Wildman–Crippen MR) is 132 cm³/mol. The molecule has 172 valence electrons. The van der Waals surface area contributed by atoms with Gasteiger partial charge in [0.25, 0.3) is 15.9 Å². The van der Waals surface area contributed by atoms with E-state index in [4.69, 9.17) is 11.6 Å². The largest absolute Gasteiger partial charge is 0.333 e. The zero-order valence-corrected chi connectivity index (χ0v) is 20.3. The maximum atomic E-state index is 13.9. The minimum absolute atomic E-state index is 0.0444. The number of hydrogen-bond acceptors (Lipinski definition) is 3. The van der Waals surface area contributed by atoms with Crippen molar-refractivity contribution in [2.24, 2.45) is 0 Å². The molecule has 0 heterocycles. The van der Waals surface area contributed by atoms with Crippen LogP contribution in [-0.4, -0.2) is 31.3 Å². The zero-order valence-electron chi connectivity index (χ0n) is 18.7. The summed E-state index contributed by atoms with van der Waals surface area (Å²) in [6.45, 7) is 4.08. The molecule has 0 bridgehead atoms. The lowest BCUT2D eigenvalue weighted by atomic mass is 10.1. The number of amides is 1. The lowest BCUT2D eigenvalue weighted by Crippen LogP contribution is -2.39.